The first-order valence-corrected chi connectivity index (χ1v) is 10.8. The van der Waals surface area contributed by atoms with Gasteiger partial charge in [0, 0.05) is 17.0 Å². The molecule has 8 nitrogen and oxygen atoms in total. The number of aromatic nitrogens is 2. The van der Waals surface area contributed by atoms with Crippen LogP contribution in [0.4, 0.5) is 13.2 Å². The average Bonchev–Trinajstić information content (AvgIpc) is 3.63. The van der Waals surface area contributed by atoms with Crippen LogP contribution in [0.15, 0.2) is 57.6 Å². The van der Waals surface area contributed by atoms with E-state index in [2.05, 4.69) is 20.2 Å². The van der Waals surface area contributed by atoms with Crippen LogP contribution in [-0.4, -0.2) is 30.5 Å². The van der Waals surface area contributed by atoms with Crippen molar-refractivity contribution in [2.75, 3.05) is 0 Å². The molecule has 1 aliphatic carbocycles. The number of hydrogen-bond donors (Lipinski definition) is 2. The zero-order chi connectivity index (χ0) is 22.0. The third kappa shape index (κ3) is 3.36. The Kier molecular flexibility index (Phi) is 4.04. The lowest BCUT2D eigenvalue weighted by molar-refractivity contribution is -0.166. The maximum Gasteiger partial charge on any atom is 0.442 e. The molecule has 3 aromatic rings. The molecule has 2 N–H and O–H groups in total. The largest absolute Gasteiger partial charge is 0.442 e. The van der Waals surface area contributed by atoms with E-state index in [4.69, 9.17) is 0 Å². The average molecular weight is 449 g/mol. The molecule has 12 heteroatoms. The van der Waals surface area contributed by atoms with Crippen molar-refractivity contribution in [3.63, 3.8) is 0 Å². The summed E-state index contributed by atoms with van der Waals surface area (Å²) < 4.78 is 66.2. The minimum atomic E-state index is -4.72. The fraction of sp³-hybridized carbons (Fsp3) is 0.263. The molecule has 0 atom stereocenters. The third-order valence-electron chi connectivity index (χ3n) is 5.22. The molecule has 0 saturated heterocycles. The van der Waals surface area contributed by atoms with Crippen molar-refractivity contribution in [1.82, 2.24) is 14.7 Å². The summed E-state index contributed by atoms with van der Waals surface area (Å²) in [5, 5.41) is 6.14. The zero-order valence-electron chi connectivity index (χ0n) is 15.6. The molecule has 0 bridgehead atoms. The highest BCUT2D eigenvalue weighted by Crippen LogP contribution is 2.52. The minimum Gasteiger partial charge on any atom is -0.342 e. The molecule has 160 valence electrons. The molecule has 0 spiro atoms. The van der Waals surface area contributed by atoms with Crippen LogP contribution in [0.3, 0.4) is 0 Å². The lowest BCUT2D eigenvalue weighted by atomic mass is 10.0. The molecule has 0 unspecified atom stereocenters. The summed E-state index contributed by atoms with van der Waals surface area (Å²) >= 11 is 0. The predicted molar refractivity (Wildman–Crippen MR) is 102 cm³/mol. The van der Waals surface area contributed by atoms with Gasteiger partial charge in [0.15, 0.2) is 0 Å². The van der Waals surface area contributed by atoms with Gasteiger partial charge in [0.2, 0.25) is 0 Å². The number of hydrogen-bond acceptors (Lipinski definition) is 6. The maximum absolute atomic E-state index is 13.1. The molecule has 5 rings (SSSR count). The number of benzene rings is 2. The van der Waals surface area contributed by atoms with Crippen molar-refractivity contribution in [3.05, 3.63) is 59.4 Å². The molecule has 2 heterocycles. The molecular formula is C19H14F3N5O3S. The number of rotatable bonds is 5. The van der Waals surface area contributed by atoms with Crippen molar-refractivity contribution in [2.24, 2.45) is 10.2 Å². The highest BCUT2D eigenvalue weighted by molar-refractivity contribution is 7.90. The lowest BCUT2D eigenvalue weighted by Crippen LogP contribution is -2.31. The van der Waals surface area contributed by atoms with E-state index in [-0.39, 0.29) is 16.0 Å². The summed E-state index contributed by atoms with van der Waals surface area (Å²) in [6.45, 7) is 0. The van der Waals surface area contributed by atoms with Gasteiger partial charge in [-0.15, -0.1) is 10.2 Å². The van der Waals surface area contributed by atoms with Gasteiger partial charge in [-0.3, -0.25) is 4.79 Å². The van der Waals surface area contributed by atoms with Crippen LogP contribution < -0.4 is 4.72 Å². The Balaban J connectivity index is 1.35. The first kappa shape index (κ1) is 19.7. The van der Waals surface area contributed by atoms with Crippen LogP contribution in [0.2, 0.25) is 0 Å². The molecule has 31 heavy (non-hydrogen) atoms. The van der Waals surface area contributed by atoms with E-state index in [0.717, 1.165) is 42.9 Å². The first-order chi connectivity index (χ1) is 14.6. The fourth-order valence-electron chi connectivity index (χ4n) is 3.27. The van der Waals surface area contributed by atoms with E-state index in [1.807, 2.05) is 4.72 Å². The smallest absolute Gasteiger partial charge is 0.342 e. The summed E-state index contributed by atoms with van der Waals surface area (Å²) in [5.41, 5.74) is -1.55. The van der Waals surface area contributed by atoms with Gasteiger partial charge >= 0.3 is 11.8 Å². The molecule has 1 aliphatic heterocycles. The number of fused-ring (bicyclic) bond motifs is 1. The van der Waals surface area contributed by atoms with Crippen molar-refractivity contribution < 1.29 is 26.4 Å². The number of nitrogens with one attached hydrogen (secondary N) is 2. The summed E-state index contributed by atoms with van der Waals surface area (Å²) in [7, 11) is -4.30. The molecule has 0 radical (unpaired) electrons. The summed E-state index contributed by atoms with van der Waals surface area (Å²) in [6.07, 6.45) is -2.61. The highest BCUT2D eigenvalue weighted by atomic mass is 32.2. The number of nitrogens with zero attached hydrogens (tertiary/aromatic N) is 3. The molecule has 2 aliphatic rings. The molecule has 1 saturated carbocycles. The number of imidazole rings is 1. The van der Waals surface area contributed by atoms with Crippen molar-refractivity contribution in [2.45, 2.75) is 35.5 Å². The molecule has 1 fully saturated rings. The number of alkyl halides is 3. The standard InChI is InChI=1S/C19H14F3N5O3S/c20-19(21,22)18(26-27-18)12-4-6-13(7-5-12)31(29,30)25-17(28)11-3-8-14-15(9-11)24-16(23-14)10-1-2-10/h3-10H,1-2H2,(H,23,24)(H,25,28). The van der Waals surface area contributed by atoms with Gasteiger partial charge in [-0.25, -0.2) is 18.1 Å². The van der Waals surface area contributed by atoms with Gasteiger partial charge in [0.25, 0.3) is 15.9 Å². The Labute approximate surface area is 173 Å². The monoisotopic (exact) mass is 449 g/mol. The van der Waals surface area contributed by atoms with Crippen LogP contribution in [0.25, 0.3) is 11.0 Å². The zero-order valence-corrected chi connectivity index (χ0v) is 16.5. The Morgan fingerprint density at radius 3 is 2.35 bits per heavy atom. The predicted octanol–water partition coefficient (Wildman–Crippen LogP) is 3.74. The highest BCUT2D eigenvalue weighted by Gasteiger charge is 2.65. The first-order valence-electron chi connectivity index (χ1n) is 9.27. The van der Waals surface area contributed by atoms with E-state index in [1.54, 1.807) is 6.07 Å². The lowest BCUT2D eigenvalue weighted by Gasteiger charge is -2.15. The van der Waals surface area contributed by atoms with Crippen LogP contribution in [-0.2, 0) is 15.7 Å². The van der Waals surface area contributed by atoms with Crippen molar-refractivity contribution in [1.29, 1.82) is 0 Å². The quantitative estimate of drug-likeness (QED) is 0.617. The van der Waals surface area contributed by atoms with Crippen LogP contribution in [0.5, 0.6) is 0 Å². The Bertz CT molecular complexity index is 1340. The van der Waals surface area contributed by atoms with Gasteiger partial charge in [-0.2, -0.15) is 13.2 Å². The number of carbonyl (C=O) groups excluding carboxylic acids is 1. The minimum absolute atomic E-state index is 0.102. The third-order valence-corrected chi connectivity index (χ3v) is 6.56. The van der Waals surface area contributed by atoms with E-state index >= 15 is 0 Å². The van der Waals surface area contributed by atoms with Crippen LogP contribution in [0.1, 0.15) is 40.5 Å². The summed E-state index contributed by atoms with van der Waals surface area (Å²) in [6, 6.07) is 8.48. The second-order valence-corrected chi connectivity index (χ2v) is 9.14. The van der Waals surface area contributed by atoms with Gasteiger partial charge in [0.05, 0.1) is 15.9 Å². The molecule has 1 aromatic heterocycles. The van der Waals surface area contributed by atoms with Crippen molar-refractivity contribution in [3.8, 4) is 0 Å². The number of amides is 1. The van der Waals surface area contributed by atoms with E-state index < -0.39 is 27.8 Å². The normalized spacial score (nSPS) is 17.6. The summed E-state index contributed by atoms with van der Waals surface area (Å²) in [5.74, 6) is 0.360. The van der Waals surface area contributed by atoms with E-state index in [0.29, 0.717) is 17.0 Å². The number of aromatic amines is 1. The molecular weight excluding hydrogens is 435 g/mol. The Morgan fingerprint density at radius 1 is 1.10 bits per heavy atom. The fourth-order valence-corrected chi connectivity index (χ4v) is 4.24. The topological polar surface area (TPSA) is 117 Å². The molecule has 1 amide bonds. The van der Waals surface area contributed by atoms with E-state index in [1.165, 1.54) is 12.1 Å². The van der Waals surface area contributed by atoms with Gasteiger partial charge in [0.1, 0.15) is 5.82 Å². The van der Waals surface area contributed by atoms with E-state index in [9.17, 15) is 26.4 Å². The van der Waals surface area contributed by atoms with Crippen LogP contribution >= 0.6 is 0 Å². The summed E-state index contributed by atoms with van der Waals surface area (Å²) in [4.78, 5) is 19.7. The Morgan fingerprint density at radius 2 is 1.77 bits per heavy atom. The van der Waals surface area contributed by atoms with Crippen molar-refractivity contribution >= 4 is 27.0 Å². The van der Waals surface area contributed by atoms with Gasteiger partial charge in [-0.1, -0.05) is 12.1 Å². The van der Waals surface area contributed by atoms with Crippen LogP contribution in [0, 0.1) is 0 Å². The second-order valence-electron chi connectivity index (χ2n) is 7.46. The van der Waals surface area contributed by atoms with Gasteiger partial charge < -0.3 is 4.98 Å². The Hall–Kier alpha value is -3.28. The number of H-pyrrole nitrogens is 1. The SMILES string of the molecule is O=C(NS(=O)(=O)c1ccc(C2(C(F)(F)F)N=N2)cc1)c1ccc2nc(C3CC3)[nH]c2c1. The maximum atomic E-state index is 13.1. The molecule has 2 aromatic carbocycles. The van der Waals surface area contributed by atoms with Gasteiger partial charge in [-0.05, 0) is 43.2 Å². The number of sulfonamides is 1. The number of carbonyl (C=O) groups is 1. The number of halogens is 3. The second kappa shape index (κ2) is 6.36.